The monoisotopic (exact) mass is 525 g/mol. The van der Waals surface area contributed by atoms with Crippen LogP contribution in [0.15, 0.2) is 55.1 Å². The molecule has 194 valence electrons. The van der Waals surface area contributed by atoms with Gasteiger partial charge in [-0.1, -0.05) is 12.1 Å². The fraction of sp³-hybridized carbons (Fsp3) is 0.200. The zero-order valence-electron chi connectivity index (χ0n) is 19.8. The van der Waals surface area contributed by atoms with Crippen molar-refractivity contribution in [2.75, 3.05) is 19.4 Å². The number of fused-ring (bicyclic) bond motifs is 4. The molecule has 0 aliphatic carbocycles. The molecular weight excluding hydrogens is 506 g/mol. The number of alkyl halides is 3. The Morgan fingerprint density at radius 2 is 2.00 bits per heavy atom. The minimum atomic E-state index is -4.62. The Morgan fingerprint density at radius 1 is 1.18 bits per heavy atom. The highest BCUT2D eigenvalue weighted by atomic mass is 19.4. The second-order valence-electron chi connectivity index (χ2n) is 8.94. The van der Waals surface area contributed by atoms with E-state index in [1.165, 1.54) is 29.6 Å². The van der Waals surface area contributed by atoms with Crippen LogP contribution in [-0.2, 0) is 17.6 Å². The molecule has 4 heterocycles. The average Bonchev–Trinajstić information content (AvgIpc) is 3.58. The number of anilines is 1. The number of nitrogen functional groups attached to an aromatic ring is 1. The van der Waals surface area contributed by atoms with Crippen molar-refractivity contribution in [2.24, 2.45) is 0 Å². The molecular formula is C25H19F4N7O2. The normalized spacial score (nSPS) is 15.7. The molecule has 0 radical (unpaired) electrons. The fourth-order valence-corrected chi connectivity index (χ4v) is 4.72. The van der Waals surface area contributed by atoms with Gasteiger partial charge in [0.15, 0.2) is 0 Å². The molecule has 38 heavy (non-hydrogen) atoms. The van der Waals surface area contributed by atoms with Crippen molar-refractivity contribution in [3.8, 4) is 11.3 Å². The number of carbonyl (C=O) groups is 1. The smallest absolute Gasteiger partial charge is 0.382 e. The topological polar surface area (TPSA) is 104 Å². The quantitative estimate of drug-likeness (QED) is 0.353. The Balaban J connectivity index is 1.33. The number of hydrogen-bond acceptors (Lipinski definition) is 6. The van der Waals surface area contributed by atoms with Crippen LogP contribution in [0.25, 0.3) is 27.8 Å². The van der Waals surface area contributed by atoms with Crippen LogP contribution in [-0.4, -0.2) is 48.6 Å². The van der Waals surface area contributed by atoms with Gasteiger partial charge in [-0.05, 0) is 29.3 Å². The Hall–Kier alpha value is -4.52. The Labute approximate surface area is 212 Å². The molecule has 5 aromatic rings. The van der Waals surface area contributed by atoms with E-state index in [-0.39, 0.29) is 40.5 Å². The van der Waals surface area contributed by atoms with Gasteiger partial charge >= 0.3 is 6.30 Å². The lowest BCUT2D eigenvalue weighted by Crippen LogP contribution is -2.36. The summed E-state index contributed by atoms with van der Waals surface area (Å²) in [4.78, 5) is 23.1. The number of imidazole rings is 1. The number of amides is 1. The molecule has 13 heteroatoms. The molecule has 2 aromatic carbocycles. The summed E-state index contributed by atoms with van der Waals surface area (Å²) in [5, 5.41) is 3.61. The lowest BCUT2D eigenvalue weighted by atomic mass is 9.94. The first kappa shape index (κ1) is 23.9. The number of halogens is 4. The Bertz CT molecular complexity index is 1730. The molecule has 1 aliphatic heterocycles. The summed E-state index contributed by atoms with van der Waals surface area (Å²) in [6.07, 6.45) is -0.739. The molecule has 2 N–H and O–H groups in total. The maximum atomic E-state index is 15.1. The molecule has 9 nitrogen and oxygen atoms in total. The number of hydrogen-bond donors (Lipinski definition) is 1. The maximum absolute atomic E-state index is 15.1. The Kier molecular flexibility index (Phi) is 5.35. The number of nitrogens with two attached hydrogens (primary N) is 1. The molecule has 1 amide bonds. The molecule has 0 bridgehead atoms. The fourth-order valence-electron chi connectivity index (χ4n) is 4.72. The van der Waals surface area contributed by atoms with Crippen molar-refractivity contribution in [1.82, 2.24) is 29.0 Å². The highest BCUT2D eigenvalue weighted by Gasteiger charge is 2.33. The summed E-state index contributed by atoms with van der Waals surface area (Å²) >= 11 is 0. The summed E-state index contributed by atoms with van der Waals surface area (Å²) in [6, 6.07) is 8.34. The third kappa shape index (κ3) is 3.82. The van der Waals surface area contributed by atoms with E-state index in [0.717, 1.165) is 17.8 Å². The SMILES string of the molecule is CN(C(=O)c1cc2c(cc1F)nc(N)c1cncn12)C1COCc2cc(-c3ccn(C(F)(F)F)n3)ccc21. The van der Waals surface area contributed by atoms with Crippen molar-refractivity contribution in [1.29, 1.82) is 0 Å². The predicted molar refractivity (Wildman–Crippen MR) is 128 cm³/mol. The second kappa shape index (κ2) is 8.52. The van der Waals surface area contributed by atoms with E-state index in [1.807, 2.05) is 0 Å². The van der Waals surface area contributed by atoms with E-state index in [1.54, 1.807) is 29.6 Å². The molecule has 1 aliphatic rings. The van der Waals surface area contributed by atoms with Gasteiger partial charge in [0.05, 0.1) is 54.1 Å². The van der Waals surface area contributed by atoms with E-state index in [0.29, 0.717) is 22.2 Å². The van der Waals surface area contributed by atoms with E-state index in [9.17, 15) is 18.0 Å². The van der Waals surface area contributed by atoms with Crippen LogP contribution in [0.3, 0.4) is 0 Å². The molecule has 0 fully saturated rings. The molecule has 0 saturated carbocycles. The first-order valence-electron chi connectivity index (χ1n) is 11.4. The molecule has 1 unspecified atom stereocenters. The lowest BCUT2D eigenvalue weighted by molar-refractivity contribution is -0.212. The number of aromatic nitrogens is 5. The van der Waals surface area contributed by atoms with Gasteiger partial charge in [-0.15, -0.1) is 13.2 Å². The summed E-state index contributed by atoms with van der Waals surface area (Å²) < 4.78 is 61.2. The third-order valence-corrected chi connectivity index (χ3v) is 6.66. The van der Waals surface area contributed by atoms with Crippen LogP contribution in [0, 0.1) is 5.82 Å². The van der Waals surface area contributed by atoms with Crippen LogP contribution < -0.4 is 5.73 Å². The lowest BCUT2D eigenvalue weighted by Gasteiger charge is -2.33. The minimum Gasteiger partial charge on any atom is -0.382 e. The van der Waals surface area contributed by atoms with Crippen LogP contribution in [0.1, 0.15) is 27.5 Å². The standard InChI is InChI=1S/C25H19F4N7O2/c1-34(24(37)16-7-20-19(8-17(16)26)32-23(30)21-9-31-12-35(20)21)22-11-38-10-14-6-13(2-3-15(14)22)18-4-5-36(33-18)25(27,28)29/h2-9,12,22H,10-11H2,1H3,(H2,30,32). The third-order valence-electron chi connectivity index (χ3n) is 6.66. The van der Waals surface area contributed by atoms with E-state index >= 15 is 4.39 Å². The maximum Gasteiger partial charge on any atom is 0.504 e. The van der Waals surface area contributed by atoms with Gasteiger partial charge in [-0.3, -0.25) is 9.20 Å². The zero-order chi connectivity index (χ0) is 26.8. The van der Waals surface area contributed by atoms with Crippen molar-refractivity contribution in [2.45, 2.75) is 18.9 Å². The number of ether oxygens (including phenoxy) is 1. The van der Waals surface area contributed by atoms with E-state index in [4.69, 9.17) is 10.5 Å². The summed E-state index contributed by atoms with van der Waals surface area (Å²) in [6.45, 7) is 0.369. The van der Waals surface area contributed by atoms with Gasteiger partial charge in [0.25, 0.3) is 5.91 Å². The zero-order valence-corrected chi connectivity index (χ0v) is 19.8. The van der Waals surface area contributed by atoms with Gasteiger partial charge < -0.3 is 15.4 Å². The van der Waals surface area contributed by atoms with Crippen LogP contribution >= 0.6 is 0 Å². The molecule has 6 rings (SSSR count). The number of benzene rings is 2. The van der Waals surface area contributed by atoms with Crippen molar-refractivity contribution in [3.05, 3.63) is 77.6 Å². The first-order valence-corrected chi connectivity index (χ1v) is 11.4. The number of carbonyl (C=O) groups excluding carboxylic acids is 1. The highest BCUT2D eigenvalue weighted by molar-refractivity contribution is 5.98. The van der Waals surface area contributed by atoms with Crippen molar-refractivity contribution >= 4 is 28.3 Å². The number of nitrogens with zero attached hydrogens (tertiary/aromatic N) is 6. The van der Waals surface area contributed by atoms with Crippen LogP contribution in [0.2, 0.25) is 0 Å². The molecule has 0 spiro atoms. The average molecular weight is 525 g/mol. The van der Waals surface area contributed by atoms with Gasteiger partial charge in [0.2, 0.25) is 0 Å². The van der Waals surface area contributed by atoms with Gasteiger partial charge in [-0.25, -0.2) is 14.4 Å². The van der Waals surface area contributed by atoms with Gasteiger partial charge in [0.1, 0.15) is 17.2 Å². The molecule has 3 aromatic heterocycles. The largest absolute Gasteiger partial charge is 0.504 e. The van der Waals surface area contributed by atoms with Gasteiger partial charge in [-0.2, -0.15) is 9.78 Å². The molecule has 0 saturated heterocycles. The summed E-state index contributed by atoms with van der Waals surface area (Å²) in [5.74, 6) is -1.15. The van der Waals surface area contributed by atoms with E-state index in [2.05, 4.69) is 15.1 Å². The van der Waals surface area contributed by atoms with E-state index < -0.39 is 24.1 Å². The second-order valence-corrected chi connectivity index (χ2v) is 8.94. The summed E-state index contributed by atoms with van der Waals surface area (Å²) in [7, 11) is 1.54. The van der Waals surface area contributed by atoms with Crippen molar-refractivity contribution < 1.29 is 27.1 Å². The predicted octanol–water partition coefficient (Wildman–Crippen LogP) is 4.29. The molecule has 1 atom stereocenters. The summed E-state index contributed by atoms with van der Waals surface area (Å²) in [5.41, 5.74) is 9.10. The minimum absolute atomic E-state index is 0.0624. The van der Waals surface area contributed by atoms with Crippen LogP contribution in [0.5, 0.6) is 0 Å². The Morgan fingerprint density at radius 3 is 2.76 bits per heavy atom. The van der Waals surface area contributed by atoms with Gasteiger partial charge in [0, 0.05) is 24.9 Å². The number of rotatable bonds is 3. The number of likely N-dealkylation sites (N-methyl/N-ethyl adjacent to an activating group) is 1. The van der Waals surface area contributed by atoms with Crippen molar-refractivity contribution in [3.63, 3.8) is 0 Å². The first-order chi connectivity index (χ1) is 18.1. The highest BCUT2D eigenvalue weighted by Crippen LogP contribution is 2.34. The van der Waals surface area contributed by atoms with Crippen LogP contribution in [0.4, 0.5) is 23.4 Å².